The molecule has 2 N–H and O–H groups in total. The van der Waals surface area contributed by atoms with Crippen LogP contribution < -0.4 is 5.73 Å². The Balaban J connectivity index is 2.10. The van der Waals surface area contributed by atoms with Crippen molar-refractivity contribution in [2.45, 2.75) is 18.9 Å². The minimum atomic E-state index is 0.0502. The molecular weight excluding hydrogens is 262 g/mol. The van der Waals surface area contributed by atoms with Gasteiger partial charge in [0.25, 0.3) is 0 Å². The van der Waals surface area contributed by atoms with E-state index in [1.807, 2.05) is 31.3 Å². The van der Waals surface area contributed by atoms with Crippen LogP contribution in [0.2, 0.25) is 5.02 Å². The monoisotopic (exact) mass is 277 g/mol. The van der Waals surface area contributed by atoms with E-state index in [-0.39, 0.29) is 6.10 Å². The maximum atomic E-state index is 6.15. The molecule has 1 unspecified atom stereocenters. The molecule has 2 aromatic rings. The first-order chi connectivity index (χ1) is 9.16. The summed E-state index contributed by atoms with van der Waals surface area (Å²) in [7, 11) is 1.85. The molecule has 1 saturated heterocycles. The quantitative estimate of drug-likeness (QED) is 0.917. The Morgan fingerprint density at radius 3 is 2.74 bits per heavy atom. The molecule has 1 aromatic heterocycles. The van der Waals surface area contributed by atoms with Crippen molar-refractivity contribution in [1.82, 2.24) is 9.78 Å². The van der Waals surface area contributed by atoms with Gasteiger partial charge in [-0.1, -0.05) is 23.7 Å². The van der Waals surface area contributed by atoms with Gasteiger partial charge in [0.15, 0.2) is 0 Å². The van der Waals surface area contributed by atoms with Crippen molar-refractivity contribution in [3.63, 3.8) is 0 Å². The van der Waals surface area contributed by atoms with Crippen LogP contribution in [-0.2, 0) is 11.8 Å². The molecule has 1 fully saturated rings. The number of hydrogen-bond donors (Lipinski definition) is 1. The van der Waals surface area contributed by atoms with Crippen LogP contribution in [0.1, 0.15) is 24.6 Å². The zero-order valence-corrected chi connectivity index (χ0v) is 11.5. The number of hydrogen-bond acceptors (Lipinski definition) is 3. The Hall–Kier alpha value is -1.52. The standard InChI is InChI=1S/C14H16ClN3O/c1-18-14(16)12(9-4-6-10(15)7-5-9)13(17-18)11-3-2-8-19-11/h4-7,11H,2-3,8,16H2,1H3. The van der Waals surface area contributed by atoms with Crippen molar-refractivity contribution >= 4 is 17.4 Å². The number of rotatable bonds is 2. The molecule has 0 radical (unpaired) electrons. The van der Waals surface area contributed by atoms with Crippen molar-refractivity contribution < 1.29 is 4.74 Å². The third kappa shape index (κ3) is 2.22. The summed E-state index contributed by atoms with van der Waals surface area (Å²) >= 11 is 5.93. The molecule has 0 spiro atoms. The molecule has 1 atom stereocenters. The smallest absolute Gasteiger partial charge is 0.129 e. The van der Waals surface area contributed by atoms with E-state index in [1.54, 1.807) is 4.68 Å². The summed E-state index contributed by atoms with van der Waals surface area (Å²) < 4.78 is 7.45. The Bertz CT molecular complexity index is 585. The highest BCUT2D eigenvalue weighted by Gasteiger charge is 2.26. The van der Waals surface area contributed by atoms with Crippen LogP contribution >= 0.6 is 11.6 Å². The van der Waals surface area contributed by atoms with Gasteiger partial charge in [0.1, 0.15) is 17.6 Å². The average molecular weight is 278 g/mol. The first-order valence-electron chi connectivity index (χ1n) is 6.36. The van der Waals surface area contributed by atoms with E-state index in [4.69, 9.17) is 22.1 Å². The lowest BCUT2D eigenvalue weighted by molar-refractivity contribution is 0.108. The van der Waals surface area contributed by atoms with Crippen LogP contribution in [0.15, 0.2) is 24.3 Å². The zero-order valence-electron chi connectivity index (χ0n) is 10.8. The normalized spacial score (nSPS) is 18.9. The molecule has 0 amide bonds. The van der Waals surface area contributed by atoms with Gasteiger partial charge >= 0.3 is 0 Å². The number of halogens is 1. The van der Waals surface area contributed by atoms with Gasteiger partial charge < -0.3 is 10.5 Å². The molecule has 100 valence electrons. The number of anilines is 1. The summed E-state index contributed by atoms with van der Waals surface area (Å²) in [4.78, 5) is 0. The minimum Gasteiger partial charge on any atom is -0.383 e. The Labute approximate surface area is 117 Å². The van der Waals surface area contributed by atoms with Gasteiger partial charge in [0, 0.05) is 24.2 Å². The summed E-state index contributed by atoms with van der Waals surface area (Å²) in [5.41, 5.74) is 9.08. The highest BCUT2D eigenvalue weighted by Crippen LogP contribution is 2.38. The Morgan fingerprint density at radius 2 is 2.11 bits per heavy atom. The summed E-state index contributed by atoms with van der Waals surface area (Å²) in [5.74, 6) is 0.660. The topological polar surface area (TPSA) is 53.1 Å². The molecule has 3 rings (SSSR count). The maximum absolute atomic E-state index is 6.15. The highest BCUT2D eigenvalue weighted by atomic mass is 35.5. The number of aromatic nitrogens is 2. The summed E-state index contributed by atoms with van der Waals surface area (Å²) in [6.45, 7) is 0.793. The van der Waals surface area contributed by atoms with Crippen LogP contribution in [0.25, 0.3) is 11.1 Å². The number of nitrogens with two attached hydrogens (primary N) is 1. The van der Waals surface area contributed by atoms with Gasteiger partial charge in [-0.05, 0) is 30.5 Å². The molecular formula is C14H16ClN3O. The number of aryl methyl sites for hydroxylation is 1. The molecule has 0 aliphatic carbocycles. The van der Waals surface area contributed by atoms with Crippen LogP contribution in [0.4, 0.5) is 5.82 Å². The molecule has 0 bridgehead atoms. The van der Waals surface area contributed by atoms with Crippen molar-refractivity contribution in [1.29, 1.82) is 0 Å². The van der Waals surface area contributed by atoms with Crippen molar-refractivity contribution in [2.75, 3.05) is 12.3 Å². The molecule has 1 aromatic carbocycles. The van der Waals surface area contributed by atoms with Crippen LogP contribution in [0, 0.1) is 0 Å². The van der Waals surface area contributed by atoms with Crippen LogP contribution in [0.5, 0.6) is 0 Å². The second kappa shape index (κ2) is 4.87. The van der Waals surface area contributed by atoms with Crippen molar-refractivity contribution in [3.8, 4) is 11.1 Å². The van der Waals surface area contributed by atoms with E-state index in [0.717, 1.165) is 36.3 Å². The maximum Gasteiger partial charge on any atom is 0.129 e. The number of benzene rings is 1. The average Bonchev–Trinajstić information content (AvgIpc) is 3.01. The largest absolute Gasteiger partial charge is 0.383 e. The number of nitrogen functional groups attached to an aromatic ring is 1. The third-order valence-corrected chi connectivity index (χ3v) is 3.74. The van der Waals surface area contributed by atoms with Gasteiger partial charge in [-0.3, -0.25) is 4.68 Å². The summed E-state index contributed by atoms with van der Waals surface area (Å²) in [6.07, 6.45) is 2.12. The Morgan fingerprint density at radius 1 is 1.37 bits per heavy atom. The lowest BCUT2D eigenvalue weighted by Gasteiger charge is -2.09. The van der Waals surface area contributed by atoms with E-state index >= 15 is 0 Å². The first-order valence-corrected chi connectivity index (χ1v) is 6.74. The highest BCUT2D eigenvalue weighted by molar-refractivity contribution is 6.30. The van der Waals surface area contributed by atoms with Crippen LogP contribution in [-0.4, -0.2) is 16.4 Å². The van der Waals surface area contributed by atoms with E-state index in [1.165, 1.54) is 0 Å². The molecule has 0 saturated carbocycles. The van der Waals surface area contributed by atoms with Gasteiger partial charge in [0.05, 0.1) is 0 Å². The molecule has 2 heterocycles. The molecule has 5 heteroatoms. The number of nitrogens with zero attached hydrogens (tertiary/aromatic N) is 2. The predicted octanol–water partition coefficient (Wildman–Crippen LogP) is 3.17. The molecule has 4 nitrogen and oxygen atoms in total. The first kappa shape index (κ1) is 12.5. The summed E-state index contributed by atoms with van der Waals surface area (Å²) in [5, 5.41) is 5.24. The fraction of sp³-hybridized carbons (Fsp3) is 0.357. The molecule has 19 heavy (non-hydrogen) atoms. The number of ether oxygens (including phenoxy) is 1. The van der Waals surface area contributed by atoms with Gasteiger partial charge in [0.2, 0.25) is 0 Å². The summed E-state index contributed by atoms with van der Waals surface area (Å²) in [6, 6.07) is 7.66. The lowest BCUT2D eigenvalue weighted by Crippen LogP contribution is -2.00. The van der Waals surface area contributed by atoms with E-state index in [9.17, 15) is 0 Å². The van der Waals surface area contributed by atoms with E-state index in [2.05, 4.69) is 5.10 Å². The van der Waals surface area contributed by atoms with Gasteiger partial charge in [-0.25, -0.2) is 0 Å². The van der Waals surface area contributed by atoms with Crippen molar-refractivity contribution in [2.24, 2.45) is 7.05 Å². The Kier molecular flexibility index (Phi) is 3.21. The van der Waals surface area contributed by atoms with E-state index < -0.39 is 0 Å². The lowest BCUT2D eigenvalue weighted by atomic mass is 10.0. The molecule has 1 aliphatic rings. The van der Waals surface area contributed by atoms with E-state index in [0.29, 0.717) is 10.8 Å². The third-order valence-electron chi connectivity index (χ3n) is 3.49. The second-order valence-electron chi connectivity index (χ2n) is 4.78. The van der Waals surface area contributed by atoms with Gasteiger partial charge in [-0.2, -0.15) is 5.10 Å². The fourth-order valence-corrected chi connectivity index (χ4v) is 2.62. The fourth-order valence-electron chi connectivity index (χ4n) is 2.49. The minimum absolute atomic E-state index is 0.0502. The predicted molar refractivity (Wildman–Crippen MR) is 76.0 cm³/mol. The zero-order chi connectivity index (χ0) is 13.4. The SMILES string of the molecule is Cn1nc(C2CCCO2)c(-c2ccc(Cl)cc2)c1N. The van der Waals surface area contributed by atoms with Gasteiger partial charge in [-0.15, -0.1) is 0 Å². The second-order valence-corrected chi connectivity index (χ2v) is 5.21. The molecule has 1 aliphatic heterocycles. The van der Waals surface area contributed by atoms with Crippen LogP contribution in [0.3, 0.4) is 0 Å². The van der Waals surface area contributed by atoms with Crippen molar-refractivity contribution in [3.05, 3.63) is 35.0 Å².